The third-order valence-corrected chi connectivity index (χ3v) is 2.29. The highest BCUT2D eigenvalue weighted by Gasteiger charge is 2.21. The lowest BCUT2D eigenvalue weighted by Gasteiger charge is -2.20. The molecule has 0 amide bonds. The Labute approximate surface area is 85.7 Å². The zero-order chi connectivity index (χ0) is 9.90. The molecule has 0 unspecified atom stereocenters. The van der Waals surface area contributed by atoms with Crippen LogP contribution in [0.2, 0.25) is 0 Å². The van der Waals surface area contributed by atoms with Crippen LogP contribution in [0, 0.1) is 11.3 Å². The molecular formula is C8H11BrN4. The maximum atomic E-state index is 8.89. The fourth-order valence-corrected chi connectivity index (χ4v) is 1.25. The van der Waals surface area contributed by atoms with Crippen molar-refractivity contribution in [2.24, 2.45) is 0 Å². The maximum absolute atomic E-state index is 8.89. The first kappa shape index (κ1) is 10.2. The first-order chi connectivity index (χ1) is 6.09. The van der Waals surface area contributed by atoms with Gasteiger partial charge in [-0.15, -0.1) is 0 Å². The van der Waals surface area contributed by atoms with Crippen LogP contribution in [0.25, 0.3) is 0 Å². The number of nitrogens with zero attached hydrogens (tertiary/aromatic N) is 3. The van der Waals surface area contributed by atoms with Gasteiger partial charge in [0.15, 0.2) is 0 Å². The van der Waals surface area contributed by atoms with Gasteiger partial charge in [0.2, 0.25) is 0 Å². The highest BCUT2D eigenvalue weighted by molar-refractivity contribution is 9.10. The maximum Gasteiger partial charge on any atom is 0.123 e. The number of likely N-dealkylation sites (N-methyl/N-ethyl adjacent to an activating group) is 1. The minimum Gasteiger partial charge on any atom is -0.301 e. The van der Waals surface area contributed by atoms with Crippen LogP contribution < -0.4 is 5.32 Å². The van der Waals surface area contributed by atoms with Crippen LogP contribution in [-0.4, -0.2) is 22.4 Å². The van der Waals surface area contributed by atoms with E-state index in [1.807, 2.05) is 13.1 Å². The Morgan fingerprint density at radius 1 is 1.85 bits per heavy atom. The van der Waals surface area contributed by atoms with E-state index in [4.69, 9.17) is 5.26 Å². The summed E-state index contributed by atoms with van der Waals surface area (Å²) in [6.07, 6.45) is 3.54. The van der Waals surface area contributed by atoms with Crippen molar-refractivity contribution in [2.75, 3.05) is 7.05 Å². The van der Waals surface area contributed by atoms with Crippen molar-refractivity contribution >= 4 is 15.9 Å². The van der Waals surface area contributed by atoms with E-state index < -0.39 is 5.54 Å². The molecule has 0 aromatic carbocycles. The molecule has 0 radical (unpaired) electrons. The van der Waals surface area contributed by atoms with Crippen LogP contribution in [0.5, 0.6) is 0 Å². The second kappa shape index (κ2) is 3.90. The fourth-order valence-electron chi connectivity index (χ4n) is 0.919. The van der Waals surface area contributed by atoms with Crippen LogP contribution in [0.15, 0.2) is 16.9 Å². The molecule has 1 aromatic heterocycles. The molecule has 0 aliphatic rings. The van der Waals surface area contributed by atoms with E-state index in [0.29, 0.717) is 6.54 Å². The molecule has 0 bridgehead atoms. The van der Waals surface area contributed by atoms with E-state index in [0.717, 1.165) is 4.47 Å². The minimum atomic E-state index is -0.564. The Hall–Kier alpha value is -0.860. The van der Waals surface area contributed by atoms with E-state index in [1.165, 1.54) is 0 Å². The van der Waals surface area contributed by atoms with Gasteiger partial charge in [-0.1, -0.05) is 0 Å². The van der Waals surface area contributed by atoms with E-state index in [-0.39, 0.29) is 0 Å². The summed E-state index contributed by atoms with van der Waals surface area (Å²) in [5.41, 5.74) is -0.564. The lowest BCUT2D eigenvalue weighted by atomic mass is 10.1. The molecule has 1 atom stereocenters. The molecule has 0 saturated carbocycles. The molecule has 1 N–H and O–H groups in total. The normalized spacial score (nSPS) is 14.9. The van der Waals surface area contributed by atoms with Crippen LogP contribution in [0.3, 0.4) is 0 Å². The summed E-state index contributed by atoms with van der Waals surface area (Å²) in [6.45, 7) is 2.37. The van der Waals surface area contributed by atoms with Gasteiger partial charge in [-0.05, 0) is 29.9 Å². The summed E-state index contributed by atoms with van der Waals surface area (Å²) in [5.74, 6) is 0. The molecule has 1 aromatic rings. The Morgan fingerprint density at radius 3 is 2.92 bits per heavy atom. The second-order valence-electron chi connectivity index (χ2n) is 3.05. The van der Waals surface area contributed by atoms with Gasteiger partial charge in [-0.25, -0.2) is 0 Å². The van der Waals surface area contributed by atoms with Gasteiger partial charge in [0.05, 0.1) is 23.3 Å². The van der Waals surface area contributed by atoms with Gasteiger partial charge in [-0.2, -0.15) is 10.4 Å². The van der Waals surface area contributed by atoms with E-state index in [2.05, 4.69) is 32.4 Å². The van der Waals surface area contributed by atoms with Gasteiger partial charge in [0.1, 0.15) is 5.54 Å². The van der Waals surface area contributed by atoms with Crippen LogP contribution >= 0.6 is 15.9 Å². The van der Waals surface area contributed by atoms with Gasteiger partial charge in [0, 0.05) is 6.20 Å². The molecule has 0 fully saturated rings. The van der Waals surface area contributed by atoms with Crippen LogP contribution in [0.1, 0.15) is 6.92 Å². The number of hydrogen-bond donors (Lipinski definition) is 1. The largest absolute Gasteiger partial charge is 0.301 e. The highest BCUT2D eigenvalue weighted by atomic mass is 79.9. The van der Waals surface area contributed by atoms with Crippen molar-refractivity contribution in [2.45, 2.75) is 19.0 Å². The van der Waals surface area contributed by atoms with Crippen molar-refractivity contribution in [1.82, 2.24) is 15.1 Å². The van der Waals surface area contributed by atoms with Crippen molar-refractivity contribution in [3.8, 4) is 6.07 Å². The van der Waals surface area contributed by atoms with E-state index in [9.17, 15) is 0 Å². The fraction of sp³-hybridized carbons (Fsp3) is 0.500. The summed E-state index contributed by atoms with van der Waals surface area (Å²) in [6, 6.07) is 2.20. The number of nitrogens with one attached hydrogen (secondary N) is 1. The third-order valence-electron chi connectivity index (χ3n) is 1.88. The van der Waals surface area contributed by atoms with Gasteiger partial charge < -0.3 is 5.32 Å². The smallest absolute Gasteiger partial charge is 0.123 e. The summed E-state index contributed by atoms with van der Waals surface area (Å²) in [5, 5.41) is 15.9. The number of hydrogen-bond acceptors (Lipinski definition) is 3. The summed E-state index contributed by atoms with van der Waals surface area (Å²) in [4.78, 5) is 0. The molecule has 0 aliphatic carbocycles. The predicted octanol–water partition coefficient (Wildman–Crippen LogP) is 1.15. The van der Waals surface area contributed by atoms with Gasteiger partial charge >= 0.3 is 0 Å². The quantitative estimate of drug-likeness (QED) is 0.866. The minimum absolute atomic E-state index is 0.533. The molecule has 13 heavy (non-hydrogen) atoms. The highest BCUT2D eigenvalue weighted by Crippen LogP contribution is 2.10. The number of nitriles is 1. The molecule has 0 spiro atoms. The molecule has 1 rings (SSSR count). The second-order valence-corrected chi connectivity index (χ2v) is 3.97. The van der Waals surface area contributed by atoms with E-state index in [1.54, 1.807) is 17.9 Å². The number of halogens is 1. The SMILES string of the molecule is CN[C@](C)(C#N)Cn1cc(Br)cn1. The molecule has 1 heterocycles. The first-order valence-corrected chi connectivity index (χ1v) is 4.67. The topological polar surface area (TPSA) is 53.6 Å². The Kier molecular flexibility index (Phi) is 3.07. The number of rotatable bonds is 3. The molecule has 5 heteroatoms. The third kappa shape index (κ3) is 2.54. The van der Waals surface area contributed by atoms with Gasteiger partial charge in [0.25, 0.3) is 0 Å². The molecular weight excluding hydrogens is 232 g/mol. The summed E-state index contributed by atoms with van der Waals surface area (Å²) in [7, 11) is 1.77. The van der Waals surface area contributed by atoms with Crippen LogP contribution in [-0.2, 0) is 6.54 Å². The Balaban J connectivity index is 2.74. The molecule has 0 saturated heterocycles. The average molecular weight is 243 g/mol. The van der Waals surface area contributed by atoms with Gasteiger partial charge in [-0.3, -0.25) is 4.68 Å². The first-order valence-electron chi connectivity index (χ1n) is 3.88. The zero-order valence-corrected chi connectivity index (χ0v) is 9.17. The average Bonchev–Trinajstić information content (AvgIpc) is 2.51. The number of aromatic nitrogens is 2. The van der Waals surface area contributed by atoms with Crippen molar-refractivity contribution in [3.63, 3.8) is 0 Å². The van der Waals surface area contributed by atoms with Crippen molar-refractivity contribution < 1.29 is 0 Å². The van der Waals surface area contributed by atoms with Crippen molar-refractivity contribution in [1.29, 1.82) is 5.26 Å². The standard InChI is InChI=1S/C8H11BrN4/c1-8(5-10,11-2)6-13-4-7(9)3-12-13/h3-4,11H,6H2,1-2H3/t8-/m1/s1. The molecule has 70 valence electrons. The molecule has 4 nitrogen and oxygen atoms in total. The molecule has 0 aliphatic heterocycles. The Bertz CT molecular complexity index is 327. The monoisotopic (exact) mass is 242 g/mol. The summed E-state index contributed by atoms with van der Waals surface area (Å²) >= 11 is 3.30. The van der Waals surface area contributed by atoms with Crippen molar-refractivity contribution in [3.05, 3.63) is 16.9 Å². The van der Waals surface area contributed by atoms with E-state index >= 15 is 0 Å². The lowest BCUT2D eigenvalue weighted by molar-refractivity contribution is 0.396. The zero-order valence-electron chi connectivity index (χ0n) is 7.58. The summed E-state index contributed by atoms with van der Waals surface area (Å²) < 4.78 is 2.65. The Morgan fingerprint density at radius 2 is 2.54 bits per heavy atom. The van der Waals surface area contributed by atoms with Crippen LogP contribution in [0.4, 0.5) is 0 Å². The lowest BCUT2D eigenvalue weighted by Crippen LogP contribution is -2.42. The predicted molar refractivity (Wildman–Crippen MR) is 53.0 cm³/mol.